The van der Waals surface area contributed by atoms with E-state index in [2.05, 4.69) is 11.7 Å². The highest BCUT2D eigenvalue weighted by molar-refractivity contribution is 5.91. The van der Waals surface area contributed by atoms with E-state index in [1.54, 1.807) is 24.3 Å². The van der Waals surface area contributed by atoms with Gasteiger partial charge < -0.3 is 14.2 Å². The van der Waals surface area contributed by atoms with Crippen LogP contribution in [0.2, 0.25) is 0 Å². The van der Waals surface area contributed by atoms with Crippen LogP contribution in [0.25, 0.3) is 0 Å². The lowest BCUT2D eigenvalue weighted by molar-refractivity contribution is -0.274. The van der Waals surface area contributed by atoms with Crippen LogP contribution in [0, 0.1) is 0 Å². The van der Waals surface area contributed by atoms with Gasteiger partial charge >= 0.3 is 12.3 Å². The average Bonchev–Trinajstić information content (AvgIpc) is 2.59. The van der Waals surface area contributed by atoms with Crippen LogP contribution >= 0.6 is 0 Å². The minimum absolute atomic E-state index is 0.0494. The molecular weight excluding hydrogens is 349 g/mol. The molecule has 0 saturated heterocycles. The van der Waals surface area contributed by atoms with Crippen LogP contribution in [-0.4, -0.2) is 18.9 Å². The summed E-state index contributed by atoms with van der Waals surface area (Å²) in [5, 5.41) is 0. The topological polar surface area (TPSA) is 44.8 Å². The molecule has 0 fully saturated rings. The molecule has 0 aliphatic rings. The van der Waals surface area contributed by atoms with Gasteiger partial charge in [-0.2, -0.15) is 0 Å². The van der Waals surface area contributed by atoms with Crippen molar-refractivity contribution in [1.82, 2.24) is 0 Å². The third kappa shape index (κ3) is 6.66. The van der Waals surface area contributed by atoms with E-state index in [1.165, 1.54) is 12.1 Å². The molecule has 0 spiro atoms. The number of esters is 1. The van der Waals surface area contributed by atoms with Crippen LogP contribution in [0.15, 0.2) is 48.5 Å². The lowest BCUT2D eigenvalue weighted by Gasteiger charge is -2.10. The third-order valence-electron chi connectivity index (χ3n) is 3.35. The van der Waals surface area contributed by atoms with Crippen LogP contribution in [0.1, 0.15) is 36.5 Å². The van der Waals surface area contributed by atoms with Gasteiger partial charge in [0.15, 0.2) is 0 Å². The van der Waals surface area contributed by atoms with E-state index in [0.29, 0.717) is 12.4 Å². The Morgan fingerprint density at radius 3 is 2.31 bits per heavy atom. The number of hydrogen-bond acceptors (Lipinski definition) is 4. The van der Waals surface area contributed by atoms with Crippen LogP contribution in [0.5, 0.6) is 17.2 Å². The highest BCUT2D eigenvalue weighted by atomic mass is 19.4. The van der Waals surface area contributed by atoms with Crippen molar-refractivity contribution in [2.75, 3.05) is 6.61 Å². The van der Waals surface area contributed by atoms with Gasteiger partial charge in [0.05, 0.1) is 12.2 Å². The molecule has 0 aromatic heterocycles. The first kappa shape index (κ1) is 19.6. The normalized spacial score (nSPS) is 11.1. The molecule has 0 atom stereocenters. The van der Waals surface area contributed by atoms with Gasteiger partial charge in [0, 0.05) is 0 Å². The number of ether oxygens (including phenoxy) is 3. The SMILES string of the molecule is CCCCCOc1ccc(OC(=O)c2cccc(OC(F)(F)F)c2)cc1. The molecule has 0 heterocycles. The van der Waals surface area contributed by atoms with Crippen molar-refractivity contribution in [2.45, 2.75) is 32.5 Å². The molecule has 0 aliphatic carbocycles. The van der Waals surface area contributed by atoms with Crippen LogP contribution in [-0.2, 0) is 0 Å². The molecule has 0 aliphatic heterocycles. The summed E-state index contributed by atoms with van der Waals surface area (Å²) in [5.41, 5.74) is -0.0494. The molecule has 140 valence electrons. The van der Waals surface area contributed by atoms with Gasteiger partial charge in [-0.3, -0.25) is 0 Å². The second-order valence-corrected chi connectivity index (χ2v) is 5.49. The number of halogens is 3. The first-order valence-corrected chi connectivity index (χ1v) is 8.18. The van der Waals surface area contributed by atoms with Crippen LogP contribution < -0.4 is 14.2 Å². The maximum Gasteiger partial charge on any atom is 0.573 e. The van der Waals surface area contributed by atoms with Crippen LogP contribution in [0.3, 0.4) is 0 Å². The zero-order chi connectivity index (χ0) is 19.0. The molecule has 0 bridgehead atoms. The van der Waals surface area contributed by atoms with Crippen molar-refractivity contribution >= 4 is 5.97 Å². The van der Waals surface area contributed by atoms with Gasteiger partial charge in [0.2, 0.25) is 0 Å². The Bertz CT molecular complexity index is 711. The van der Waals surface area contributed by atoms with Gasteiger partial charge in [-0.1, -0.05) is 25.8 Å². The van der Waals surface area contributed by atoms with Gasteiger partial charge in [-0.25, -0.2) is 4.79 Å². The van der Waals surface area contributed by atoms with E-state index < -0.39 is 18.1 Å². The summed E-state index contributed by atoms with van der Waals surface area (Å²) in [4.78, 5) is 12.1. The van der Waals surface area contributed by atoms with E-state index in [1.807, 2.05) is 0 Å². The predicted molar refractivity (Wildman–Crippen MR) is 89.5 cm³/mol. The Balaban J connectivity index is 1.94. The summed E-state index contributed by atoms with van der Waals surface area (Å²) in [7, 11) is 0. The van der Waals surface area contributed by atoms with Gasteiger partial charge in [-0.05, 0) is 48.9 Å². The van der Waals surface area contributed by atoms with Crippen molar-refractivity contribution in [2.24, 2.45) is 0 Å². The number of benzene rings is 2. The fraction of sp³-hybridized carbons (Fsp3) is 0.316. The van der Waals surface area contributed by atoms with Crippen molar-refractivity contribution in [3.63, 3.8) is 0 Å². The Labute approximate surface area is 149 Å². The zero-order valence-corrected chi connectivity index (χ0v) is 14.2. The molecule has 7 heteroatoms. The molecule has 0 saturated carbocycles. The van der Waals surface area contributed by atoms with E-state index in [0.717, 1.165) is 31.4 Å². The first-order chi connectivity index (χ1) is 12.4. The molecule has 2 rings (SSSR count). The summed E-state index contributed by atoms with van der Waals surface area (Å²) in [6, 6.07) is 11.2. The minimum Gasteiger partial charge on any atom is -0.494 e. The van der Waals surface area contributed by atoms with Crippen molar-refractivity contribution in [3.05, 3.63) is 54.1 Å². The zero-order valence-electron chi connectivity index (χ0n) is 14.2. The lowest BCUT2D eigenvalue weighted by Crippen LogP contribution is -2.17. The van der Waals surface area contributed by atoms with Crippen LogP contribution in [0.4, 0.5) is 13.2 Å². The molecule has 0 unspecified atom stereocenters. The lowest BCUT2D eigenvalue weighted by atomic mass is 10.2. The first-order valence-electron chi connectivity index (χ1n) is 8.18. The summed E-state index contributed by atoms with van der Waals surface area (Å²) < 4.78 is 51.2. The monoisotopic (exact) mass is 368 g/mol. The van der Waals surface area contributed by atoms with E-state index in [9.17, 15) is 18.0 Å². The molecule has 0 radical (unpaired) electrons. The molecule has 2 aromatic carbocycles. The molecule has 0 N–H and O–H groups in total. The van der Waals surface area contributed by atoms with Crippen molar-refractivity contribution in [1.29, 1.82) is 0 Å². The molecule has 4 nitrogen and oxygen atoms in total. The number of carbonyl (C=O) groups is 1. The van der Waals surface area contributed by atoms with E-state index in [-0.39, 0.29) is 11.3 Å². The molecule has 0 amide bonds. The summed E-state index contributed by atoms with van der Waals surface area (Å²) in [6.45, 7) is 2.72. The molecule has 26 heavy (non-hydrogen) atoms. The van der Waals surface area contributed by atoms with Gasteiger partial charge in [-0.15, -0.1) is 13.2 Å². The number of carbonyl (C=O) groups excluding carboxylic acids is 1. The third-order valence-corrected chi connectivity index (χ3v) is 3.35. The predicted octanol–water partition coefficient (Wildman–Crippen LogP) is 5.37. The maximum atomic E-state index is 12.2. The summed E-state index contributed by atoms with van der Waals surface area (Å²) in [5.74, 6) is -0.350. The Morgan fingerprint density at radius 2 is 1.65 bits per heavy atom. The average molecular weight is 368 g/mol. The van der Waals surface area contributed by atoms with Crippen molar-refractivity contribution in [3.8, 4) is 17.2 Å². The molecule has 2 aromatic rings. The number of hydrogen-bond donors (Lipinski definition) is 0. The largest absolute Gasteiger partial charge is 0.573 e. The summed E-state index contributed by atoms with van der Waals surface area (Å²) >= 11 is 0. The minimum atomic E-state index is -4.82. The van der Waals surface area contributed by atoms with Gasteiger partial charge in [0.25, 0.3) is 0 Å². The standard InChI is InChI=1S/C19H19F3O4/c1-2-3-4-12-24-15-8-10-16(11-9-15)25-18(23)14-6-5-7-17(13-14)26-19(20,21)22/h5-11,13H,2-4,12H2,1H3. The van der Waals surface area contributed by atoms with E-state index in [4.69, 9.17) is 9.47 Å². The van der Waals surface area contributed by atoms with E-state index >= 15 is 0 Å². The smallest absolute Gasteiger partial charge is 0.494 e. The molecular formula is C19H19F3O4. The van der Waals surface area contributed by atoms with Gasteiger partial charge in [0.1, 0.15) is 17.2 Å². The quantitative estimate of drug-likeness (QED) is 0.357. The highest BCUT2D eigenvalue weighted by Gasteiger charge is 2.31. The fourth-order valence-corrected chi connectivity index (χ4v) is 2.13. The van der Waals surface area contributed by atoms with Crippen molar-refractivity contribution < 1.29 is 32.2 Å². The second kappa shape index (κ2) is 9.12. The Kier molecular flexibility index (Phi) is 6.89. The fourth-order valence-electron chi connectivity index (χ4n) is 2.13. The Hall–Kier alpha value is -2.70. The Morgan fingerprint density at radius 1 is 0.962 bits per heavy atom. The summed E-state index contributed by atoms with van der Waals surface area (Å²) in [6.07, 6.45) is -1.67. The number of alkyl halides is 3. The number of unbranched alkanes of at least 4 members (excludes halogenated alkanes) is 2. The number of rotatable bonds is 8. The highest BCUT2D eigenvalue weighted by Crippen LogP contribution is 2.24. The second-order valence-electron chi connectivity index (χ2n) is 5.49. The maximum absolute atomic E-state index is 12.2.